The predicted octanol–water partition coefficient (Wildman–Crippen LogP) is 2.79. The standard InChI is InChI=1S/C11H18O/c1-3-9-10(12)6-5-8-7-11(8,9)4-2/h8-9H,3-7H2,1-2H3. The van der Waals surface area contributed by atoms with E-state index >= 15 is 0 Å². The van der Waals surface area contributed by atoms with Gasteiger partial charge in [-0.1, -0.05) is 13.8 Å². The van der Waals surface area contributed by atoms with Crippen molar-refractivity contribution in [3.05, 3.63) is 0 Å². The SMILES string of the molecule is CCC1C(=O)CCC2CC21CC. The number of carbonyl (C=O) groups is 1. The first-order chi connectivity index (χ1) is 5.74. The molecular formula is C11H18O. The van der Waals surface area contributed by atoms with Crippen LogP contribution < -0.4 is 0 Å². The number of fused-ring (bicyclic) bond motifs is 1. The minimum absolute atomic E-state index is 0.418. The highest BCUT2D eigenvalue weighted by molar-refractivity contribution is 5.83. The molecule has 3 atom stereocenters. The molecule has 0 aromatic heterocycles. The summed E-state index contributed by atoms with van der Waals surface area (Å²) >= 11 is 0. The molecule has 0 bridgehead atoms. The van der Waals surface area contributed by atoms with Gasteiger partial charge in [0.25, 0.3) is 0 Å². The van der Waals surface area contributed by atoms with E-state index < -0.39 is 0 Å². The van der Waals surface area contributed by atoms with Crippen molar-refractivity contribution in [2.75, 3.05) is 0 Å². The van der Waals surface area contributed by atoms with Gasteiger partial charge in [0.2, 0.25) is 0 Å². The molecule has 0 radical (unpaired) electrons. The molecule has 0 amide bonds. The second kappa shape index (κ2) is 2.58. The summed E-state index contributed by atoms with van der Waals surface area (Å²) in [5.41, 5.74) is 0.476. The number of rotatable bonds is 2. The lowest BCUT2D eigenvalue weighted by Crippen LogP contribution is -2.29. The smallest absolute Gasteiger partial charge is 0.136 e. The molecule has 0 saturated heterocycles. The fourth-order valence-electron chi connectivity index (χ4n) is 3.34. The van der Waals surface area contributed by atoms with Crippen LogP contribution in [0.2, 0.25) is 0 Å². The van der Waals surface area contributed by atoms with Crippen molar-refractivity contribution < 1.29 is 4.79 Å². The molecule has 1 nitrogen and oxygen atoms in total. The summed E-state index contributed by atoms with van der Waals surface area (Å²) in [6.07, 6.45) is 5.69. The molecule has 3 unspecified atom stereocenters. The summed E-state index contributed by atoms with van der Waals surface area (Å²) in [4.78, 5) is 11.6. The third-order valence-corrected chi connectivity index (χ3v) is 4.17. The quantitative estimate of drug-likeness (QED) is 0.616. The Labute approximate surface area is 74.5 Å². The number of carbonyl (C=O) groups excluding carboxylic acids is 1. The summed E-state index contributed by atoms with van der Waals surface area (Å²) in [7, 11) is 0. The van der Waals surface area contributed by atoms with Gasteiger partial charge in [0.1, 0.15) is 5.78 Å². The van der Waals surface area contributed by atoms with Crippen molar-refractivity contribution in [1.29, 1.82) is 0 Å². The maximum absolute atomic E-state index is 11.6. The monoisotopic (exact) mass is 166 g/mol. The lowest BCUT2D eigenvalue weighted by Gasteiger charge is -2.29. The average molecular weight is 166 g/mol. The van der Waals surface area contributed by atoms with E-state index in [-0.39, 0.29) is 0 Å². The summed E-state index contributed by atoms with van der Waals surface area (Å²) < 4.78 is 0. The van der Waals surface area contributed by atoms with Crippen LogP contribution in [0.15, 0.2) is 0 Å². The Morgan fingerprint density at radius 1 is 1.50 bits per heavy atom. The van der Waals surface area contributed by atoms with E-state index in [4.69, 9.17) is 0 Å². The van der Waals surface area contributed by atoms with E-state index in [1.165, 1.54) is 19.3 Å². The highest BCUT2D eigenvalue weighted by atomic mass is 16.1. The molecule has 1 heteroatoms. The zero-order chi connectivity index (χ0) is 8.77. The van der Waals surface area contributed by atoms with Gasteiger partial charge in [0.15, 0.2) is 0 Å². The second-order valence-corrected chi connectivity index (χ2v) is 4.45. The van der Waals surface area contributed by atoms with Gasteiger partial charge in [-0.05, 0) is 37.0 Å². The molecule has 0 aliphatic heterocycles. The first kappa shape index (κ1) is 8.28. The average Bonchev–Trinajstić information content (AvgIpc) is 2.79. The van der Waals surface area contributed by atoms with E-state index in [2.05, 4.69) is 13.8 Å². The third kappa shape index (κ3) is 0.884. The minimum Gasteiger partial charge on any atom is -0.299 e. The first-order valence-corrected chi connectivity index (χ1v) is 5.27. The zero-order valence-electron chi connectivity index (χ0n) is 8.10. The van der Waals surface area contributed by atoms with Crippen LogP contribution in [0.5, 0.6) is 0 Å². The van der Waals surface area contributed by atoms with Crippen molar-refractivity contribution in [1.82, 2.24) is 0 Å². The summed E-state index contributed by atoms with van der Waals surface area (Å²) in [5, 5.41) is 0. The fraction of sp³-hybridized carbons (Fsp3) is 0.909. The van der Waals surface area contributed by atoms with Gasteiger partial charge >= 0.3 is 0 Å². The molecule has 0 aromatic carbocycles. The highest BCUT2D eigenvalue weighted by Crippen LogP contribution is 2.65. The van der Waals surface area contributed by atoms with Gasteiger partial charge in [-0.25, -0.2) is 0 Å². The van der Waals surface area contributed by atoms with E-state index in [1.54, 1.807) is 0 Å². The second-order valence-electron chi connectivity index (χ2n) is 4.45. The summed E-state index contributed by atoms with van der Waals surface area (Å²) in [5.74, 6) is 1.87. The molecule has 68 valence electrons. The molecule has 12 heavy (non-hydrogen) atoms. The third-order valence-electron chi connectivity index (χ3n) is 4.17. The van der Waals surface area contributed by atoms with Gasteiger partial charge in [-0.2, -0.15) is 0 Å². The van der Waals surface area contributed by atoms with Crippen LogP contribution in [0.25, 0.3) is 0 Å². The van der Waals surface area contributed by atoms with E-state index in [0.717, 1.165) is 18.8 Å². The van der Waals surface area contributed by atoms with Crippen LogP contribution in [0.4, 0.5) is 0 Å². The highest BCUT2D eigenvalue weighted by Gasteiger charge is 2.60. The molecule has 2 rings (SSSR count). The number of ketones is 1. The molecule has 2 aliphatic rings. The van der Waals surface area contributed by atoms with Crippen molar-refractivity contribution >= 4 is 5.78 Å². The number of Topliss-reactive ketones (excluding diaryl/α,β-unsaturated/α-hetero) is 1. The molecule has 2 saturated carbocycles. The van der Waals surface area contributed by atoms with Crippen molar-refractivity contribution in [2.24, 2.45) is 17.3 Å². The largest absolute Gasteiger partial charge is 0.299 e. The molecule has 0 N–H and O–H groups in total. The van der Waals surface area contributed by atoms with E-state index in [0.29, 0.717) is 17.1 Å². The molecule has 0 spiro atoms. The molecule has 2 aliphatic carbocycles. The van der Waals surface area contributed by atoms with Gasteiger partial charge < -0.3 is 0 Å². The Kier molecular flexibility index (Phi) is 1.78. The van der Waals surface area contributed by atoms with Crippen LogP contribution >= 0.6 is 0 Å². The van der Waals surface area contributed by atoms with Crippen LogP contribution in [0.1, 0.15) is 46.0 Å². The maximum atomic E-state index is 11.6. The molecule has 0 heterocycles. The Bertz CT molecular complexity index is 209. The van der Waals surface area contributed by atoms with Crippen LogP contribution in [-0.4, -0.2) is 5.78 Å². The Morgan fingerprint density at radius 3 is 2.75 bits per heavy atom. The lowest BCUT2D eigenvalue weighted by molar-refractivity contribution is -0.127. The summed E-state index contributed by atoms with van der Waals surface area (Å²) in [6, 6.07) is 0. The maximum Gasteiger partial charge on any atom is 0.136 e. The van der Waals surface area contributed by atoms with E-state index in [9.17, 15) is 4.79 Å². The Hall–Kier alpha value is -0.330. The molecular weight excluding hydrogens is 148 g/mol. The van der Waals surface area contributed by atoms with Gasteiger partial charge in [-0.15, -0.1) is 0 Å². The zero-order valence-corrected chi connectivity index (χ0v) is 8.10. The Balaban J connectivity index is 2.19. The van der Waals surface area contributed by atoms with E-state index in [1.807, 2.05) is 0 Å². The van der Waals surface area contributed by atoms with Crippen molar-refractivity contribution in [3.8, 4) is 0 Å². The van der Waals surface area contributed by atoms with Crippen LogP contribution in [-0.2, 0) is 4.79 Å². The normalized spacial score (nSPS) is 45.7. The number of hydrogen-bond acceptors (Lipinski definition) is 1. The topological polar surface area (TPSA) is 17.1 Å². The van der Waals surface area contributed by atoms with Gasteiger partial charge in [0, 0.05) is 12.3 Å². The van der Waals surface area contributed by atoms with Crippen molar-refractivity contribution in [3.63, 3.8) is 0 Å². The lowest BCUT2D eigenvalue weighted by atomic mass is 9.74. The fourth-order valence-corrected chi connectivity index (χ4v) is 3.34. The van der Waals surface area contributed by atoms with Crippen LogP contribution in [0, 0.1) is 17.3 Å². The minimum atomic E-state index is 0.418. The van der Waals surface area contributed by atoms with Crippen LogP contribution in [0.3, 0.4) is 0 Å². The first-order valence-electron chi connectivity index (χ1n) is 5.27. The summed E-state index contributed by atoms with van der Waals surface area (Å²) in [6.45, 7) is 4.42. The van der Waals surface area contributed by atoms with Crippen molar-refractivity contribution in [2.45, 2.75) is 46.0 Å². The Morgan fingerprint density at radius 2 is 2.25 bits per heavy atom. The van der Waals surface area contributed by atoms with Gasteiger partial charge in [0.05, 0.1) is 0 Å². The molecule has 2 fully saturated rings. The predicted molar refractivity (Wildman–Crippen MR) is 48.9 cm³/mol. The molecule has 0 aromatic rings. The number of hydrogen-bond donors (Lipinski definition) is 0. The van der Waals surface area contributed by atoms with Gasteiger partial charge in [-0.3, -0.25) is 4.79 Å².